The fraction of sp³-hybridized carbons (Fsp3) is 0.864. The molecule has 4 nitrogen and oxygen atoms in total. The molecular formula is C22H39NO3. The van der Waals surface area contributed by atoms with Crippen molar-refractivity contribution in [2.24, 2.45) is 0 Å². The van der Waals surface area contributed by atoms with Crippen molar-refractivity contribution in [1.82, 2.24) is 4.90 Å². The number of unbranched alkanes of at least 4 members (excludes halogenated alkanes) is 3. The Morgan fingerprint density at radius 3 is 2.88 bits per heavy atom. The maximum atomic E-state index is 12.0. The Bertz CT molecular complexity index is 437. The highest BCUT2D eigenvalue weighted by Gasteiger charge is 2.44. The van der Waals surface area contributed by atoms with Crippen LogP contribution in [-0.2, 0) is 14.3 Å². The van der Waals surface area contributed by atoms with Crippen LogP contribution in [-0.4, -0.2) is 48.3 Å². The largest absolute Gasteiger partial charge is 0.353 e. The number of nitrogens with zero attached hydrogens (tertiary/aromatic N) is 1. The lowest BCUT2D eigenvalue weighted by Gasteiger charge is -2.25. The summed E-state index contributed by atoms with van der Waals surface area (Å²) in [6.45, 7) is 8.09. The van der Waals surface area contributed by atoms with Crippen LogP contribution in [0.4, 0.5) is 0 Å². The molecule has 2 aliphatic heterocycles. The van der Waals surface area contributed by atoms with Crippen LogP contribution in [0.1, 0.15) is 85.0 Å². The summed E-state index contributed by atoms with van der Waals surface area (Å²) in [4.78, 5) is 14.7. The summed E-state index contributed by atoms with van der Waals surface area (Å²) < 4.78 is 11.7. The molecule has 0 radical (unpaired) electrons. The number of hydrogen-bond acceptors (Lipinski definition) is 4. The van der Waals surface area contributed by atoms with E-state index >= 15 is 0 Å². The Balaban J connectivity index is 1.69. The zero-order chi connectivity index (χ0) is 18.8. The van der Waals surface area contributed by atoms with E-state index in [1.807, 2.05) is 13.8 Å². The van der Waals surface area contributed by atoms with Crippen molar-refractivity contribution in [2.45, 2.75) is 109 Å². The molecule has 1 unspecified atom stereocenters. The van der Waals surface area contributed by atoms with Gasteiger partial charge in [-0.25, -0.2) is 0 Å². The fourth-order valence-electron chi connectivity index (χ4n) is 4.50. The summed E-state index contributed by atoms with van der Waals surface area (Å²) in [7, 11) is 0. The molecule has 2 aliphatic rings. The maximum Gasteiger partial charge on any atom is 0.155 e. The van der Waals surface area contributed by atoms with Crippen molar-refractivity contribution in [3.63, 3.8) is 0 Å². The Labute approximate surface area is 160 Å². The second kappa shape index (κ2) is 11.9. The minimum atomic E-state index is -0.120. The molecular weight excluding hydrogens is 326 g/mol. The third-order valence-corrected chi connectivity index (χ3v) is 5.75. The van der Waals surface area contributed by atoms with Gasteiger partial charge in [-0.05, 0) is 71.4 Å². The molecule has 2 heterocycles. The first-order valence-electron chi connectivity index (χ1n) is 10.9. The molecule has 0 aromatic carbocycles. The summed E-state index contributed by atoms with van der Waals surface area (Å²) in [5.41, 5.74) is 0. The SMILES string of the molecule is CCCCC/C=C/C(=O)CCC[C@H]1C[C@@H](OC(C)OCC)[C@@H]2CCCN12. The normalized spacial score (nSPS) is 27.3. The van der Waals surface area contributed by atoms with E-state index in [2.05, 4.69) is 17.9 Å². The number of rotatable bonds is 13. The monoisotopic (exact) mass is 365 g/mol. The number of fused-ring (bicyclic) bond motifs is 1. The summed E-state index contributed by atoms with van der Waals surface area (Å²) in [6.07, 6.45) is 15.1. The highest BCUT2D eigenvalue weighted by Crippen LogP contribution is 2.37. The van der Waals surface area contributed by atoms with Crippen LogP contribution in [0.5, 0.6) is 0 Å². The predicted molar refractivity (Wildman–Crippen MR) is 106 cm³/mol. The van der Waals surface area contributed by atoms with Crippen LogP contribution in [0.15, 0.2) is 12.2 Å². The first kappa shape index (κ1) is 21.6. The van der Waals surface area contributed by atoms with Crippen molar-refractivity contribution in [1.29, 1.82) is 0 Å². The average Bonchev–Trinajstić information content (AvgIpc) is 3.20. The highest BCUT2D eigenvalue weighted by molar-refractivity contribution is 5.89. The Morgan fingerprint density at radius 1 is 1.27 bits per heavy atom. The number of ether oxygens (including phenoxy) is 2. The first-order chi connectivity index (χ1) is 12.7. The van der Waals surface area contributed by atoms with E-state index < -0.39 is 0 Å². The topological polar surface area (TPSA) is 38.8 Å². The minimum Gasteiger partial charge on any atom is -0.353 e. The number of ketones is 1. The smallest absolute Gasteiger partial charge is 0.155 e. The average molecular weight is 366 g/mol. The zero-order valence-electron chi connectivity index (χ0n) is 17.1. The van der Waals surface area contributed by atoms with Gasteiger partial charge in [0, 0.05) is 25.1 Å². The lowest BCUT2D eigenvalue weighted by Crippen LogP contribution is -2.35. The summed E-state index contributed by atoms with van der Waals surface area (Å²) in [5.74, 6) is 0.287. The van der Waals surface area contributed by atoms with Crippen molar-refractivity contribution in [2.75, 3.05) is 13.2 Å². The van der Waals surface area contributed by atoms with Gasteiger partial charge in [-0.2, -0.15) is 0 Å². The third-order valence-electron chi connectivity index (χ3n) is 5.75. The number of allylic oxidation sites excluding steroid dienone is 2. The van der Waals surface area contributed by atoms with Gasteiger partial charge < -0.3 is 9.47 Å². The van der Waals surface area contributed by atoms with Gasteiger partial charge >= 0.3 is 0 Å². The van der Waals surface area contributed by atoms with Gasteiger partial charge in [-0.15, -0.1) is 0 Å². The Kier molecular flexibility index (Phi) is 9.87. The summed E-state index contributed by atoms with van der Waals surface area (Å²) in [6, 6.07) is 1.12. The predicted octanol–water partition coefficient (Wildman–Crippen LogP) is 4.87. The first-order valence-corrected chi connectivity index (χ1v) is 10.9. The standard InChI is InChI=1S/C22H39NO3/c1-4-6-7-8-9-13-20(24)14-10-12-19-17-22(26-18(3)25-5-2)21-15-11-16-23(19)21/h9,13,18-19,21-22H,4-8,10-12,14-17H2,1-3H3/b13-9+/t18?,19-,21-,22+/m0/s1. The molecule has 0 aromatic heterocycles. The molecule has 4 heteroatoms. The van der Waals surface area contributed by atoms with Gasteiger partial charge in [0.15, 0.2) is 12.1 Å². The Morgan fingerprint density at radius 2 is 2.12 bits per heavy atom. The van der Waals surface area contributed by atoms with E-state index in [-0.39, 0.29) is 12.1 Å². The van der Waals surface area contributed by atoms with Crippen molar-refractivity contribution < 1.29 is 14.3 Å². The molecule has 0 saturated carbocycles. The van der Waals surface area contributed by atoms with Crippen LogP contribution in [0.25, 0.3) is 0 Å². The molecule has 0 aromatic rings. The number of hydrogen-bond donors (Lipinski definition) is 0. The zero-order valence-corrected chi connectivity index (χ0v) is 17.1. The van der Waals surface area contributed by atoms with Crippen molar-refractivity contribution in [3.8, 4) is 0 Å². The van der Waals surface area contributed by atoms with E-state index in [9.17, 15) is 4.79 Å². The van der Waals surface area contributed by atoms with Crippen molar-refractivity contribution in [3.05, 3.63) is 12.2 Å². The van der Waals surface area contributed by atoms with Gasteiger partial charge in [-0.3, -0.25) is 9.69 Å². The molecule has 0 amide bonds. The molecule has 0 bridgehead atoms. The summed E-state index contributed by atoms with van der Waals surface area (Å²) >= 11 is 0. The Hall–Kier alpha value is -0.710. The minimum absolute atomic E-state index is 0.120. The third kappa shape index (κ3) is 6.79. The second-order valence-corrected chi connectivity index (χ2v) is 7.79. The molecule has 150 valence electrons. The molecule has 0 N–H and O–H groups in total. The summed E-state index contributed by atoms with van der Waals surface area (Å²) in [5, 5.41) is 0. The lowest BCUT2D eigenvalue weighted by atomic mass is 10.0. The molecule has 26 heavy (non-hydrogen) atoms. The molecule has 4 atom stereocenters. The quantitative estimate of drug-likeness (QED) is 0.265. The molecule has 2 fully saturated rings. The lowest BCUT2D eigenvalue weighted by molar-refractivity contribution is -0.161. The van der Waals surface area contributed by atoms with E-state index in [4.69, 9.17) is 9.47 Å². The van der Waals surface area contributed by atoms with Gasteiger partial charge in [0.05, 0.1) is 6.10 Å². The second-order valence-electron chi connectivity index (χ2n) is 7.79. The van der Waals surface area contributed by atoms with Crippen LogP contribution in [0.2, 0.25) is 0 Å². The maximum absolute atomic E-state index is 12.0. The van der Waals surface area contributed by atoms with Crippen molar-refractivity contribution >= 4 is 5.78 Å². The fourth-order valence-corrected chi connectivity index (χ4v) is 4.50. The molecule has 2 saturated heterocycles. The van der Waals surface area contributed by atoms with Gasteiger partial charge in [-0.1, -0.05) is 25.8 Å². The molecule has 0 spiro atoms. The highest BCUT2D eigenvalue weighted by atomic mass is 16.7. The van der Waals surface area contributed by atoms with Gasteiger partial charge in [0.25, 0.3) is 0 Å². The molecule has 2 rings (SSSR count). The van der Waals surface area contributed by atoms with Gasteiger partial charge in [0.2, 0.25) is 0 Å². The van der Waals surface area contributed by atoms with E-state index in [1.54, 1.807) is 6.08 Å². The number of carbonyl (C=O) groups is 1. The van der Waals surface area contributed by atoms with Gasteiger partial charge in [0.1, 0.15) is 0 Å². The number of carbonyl (C=O) groups excluding carboxylic acids is 1. The van der Waals surface area contributed by atoms with Crippen LogP contribution in [0.3, 0.4) is 0 Å². The van der Waals surface area contributed by atoms with Crippen LogP contribution in [0, 0.1) is 0 Å². The van der Waals surface area contributed by atoms with Crippen LogP contribution >= 0.6 is 0 Å². The van der Waals surface area contributed by atoms with Crippen LogP contribution < -0.4 is 0 Å². The molecule has 0 aliphatic carbocycles. The van der Waals surface area contributed by atoms with E-state index in [0.29, 0.717) is 31.2 Å². The van der Waals surface area contributed by atoms with E-state index in [0.717, 1.165) is 25.7 Å². The van der Waals surface area contributed by atoms with E-state index in [1.165, 1.54) is 38.6 Å².